The van der Waals surface area contributed by atoms with E-state index in [1.54, 1.807) is 12.1 Å². The van der Waals surface area contributed by atoms with E-state index in [1.165, 1.54) is 13.2 Å². The summed E-state index contributed by atoms with van der Waals surface area (Å²) >= 11 is 0. The fourth-order valence-corrected chi connectivity index (χ4v) is 1.96. The minimum absolute atomic E-state index is 0.101. The molecule has 0 aromatic heterocycles. The molecular formula is C13H14N2O5. The second kappa shape index (κ2) is 5.70. The van der Waals surface area contributed by atoms with Crippen molar-refractivity contribution in [1.82, 2.24) is 5.32 Å². The van der Waals surface area contributed by atoms with Crippen molar-refractivity contribution in [1.29, 1.82) is 0 Å². The zero-order valence-electron chi connectivity index (χ0n) is 10.9. The fourth-order valence-electron chi connectivity index (χ4n) is 1.96. The SMILES string of the molecule is COc1ccc2c(c1)C(=O)C(=O)N2CC(=O)NCCO. The summed E-state index contributed by atoms with van der Waals surface area (Å²) in [6.45, 7) is -0.347. The van der Waals surface area contributed by atoms with Gasteiger partial charge in [-0.25, -0.2) is 0 Å². The fraction of sp³-hybridized carbons (Fsp3) is 0.308. The van der Waals surface area contributed by atoms with E-state index in [1.807, 2.05) is 0 Å². The molecule has 1 aliphatic heterocycles. The maximum atomic E-state index is 11.9. The van der Waals surface area contributed by atoms with E-state index in [2.05, 4.69) is 5.32 Å². The van der Waals surface area contributed by atoms with E-state index >= 15 is 0 Å². The number of aliphatic hydroxyl groups excluding tert-OH is 1. The number of amides is 2. The van der Waals surface area contributed by atoms with Gasteiger partial charge in [0.2, 0.25) is 5.91 Å². The zero-order valence-corrected chi connectivity index (χ0v) is 10.9. The molecule has 7 nitrogen and oxygen atoms in total. The van der Waals surface area contributed by atoms with Gasteiger partial charge in [0.05, 0.1) is 25.0 Å². The Bertz CT molecular complexity index is 570. The van der Waals surface area contributed by atoms with Crippen LogP contribution in [-0.2, 0) is 9.59 Å². The molecule has 2 rings (SSSR count). The van der Waals surface area contributed by atoms with Gasteiger partial charge in [0, 0.05) is 6.54 Å². The predicted molar refractivity (Wildman–Crippen MR) is 69.8 cm³/mol. The summed E-state index contributed by atoms with van der Waals surface area (Å²) in [6.07, 6.45) is 0. The largest absolute Gasteiger partial charge is 0.497 e. The van der Waals surface area contributed by atoms with Gasteiger partial charge in [-0.3, -0.25) is 19.3 Å². The van der Waals surface area contributed by atoms with Crippen LogP contribution in [0.1, 0.15) is 10.4 Å². The summed E-state index contributed by atoms with van der Waals surface area (Å²) in [7, 11) is 1.46. The van der Waals surface area contributed by atoms with Crippen molar-refractivity contribution in [3.8, 4) is 5.75 Å². The molecule has 0 fully saturated rings. The lowest BCUT2D eigenvalue weighted by atomic mass is 10.1. The van der Waals surface area contributed by atoms with Gasteiger partial charge in [-0.2, -0.15) is 0 Å². The number of rotatable bonds is 5. The zero-order chi connectivity index (χ0) is 14.7. The Hall–Kier alpha value is -2.41. The number of ether oxygens (including phenoxy) is 1. The van der Waals surface area contributed by atoms with Crippen LogP contribution in [0, 0.1) is 0 Å². The van der Waals surface area contributed by atoms with Crippen LogP contribution in [0.2, 0.25) is 0 Å². The van der Waals surface area contributed by atoms with Crippen LogP contribution in [0.3, 0.4) is 0 Å². The lowest BCUT2D eigenvalue weighted by Crippen LogP contribution is -2.40. The number of aliphatic hydroxyl groups is 1. The summed E-state index contributed by atoms with van der Waals surface area (Å²) in [4.78, 5) is 36.4. The number of fused-ring (bicyclic) bond motifs is 1. The molecule has 1 aliphatic rings. The summed E-state index contributed by atoms with van der Waals surface area (Å²) in [5, 5.41) is 11.1. The smallest absolute Gasteiger partial charge is 0.299 e. The molecule has 0 saturated heterocycles. The number of carbonyl (C=O) groups is 3. The number of carbonyl (C=O) groups excluding carboxylic acids is 3. The predicted octanol–water partition coefficient (Wildman–Crippen LogP) is -0.667. The van der Waals surface area contributed by atoms with Crippen molar-refractivity contribution >= 4 is 23.3 Å². The molecule has 2 N–H and O–H groups in total. The molecule has 0 atom stereocenters. The third-order valence-corrected chi connectivity index (χ3v) is 2.91. The van der Waals surface area contributed by atoms with Crippen molar-refractivity contribution in [3.63, 3.8) is 0 Å². The monoisotopic (exact) mass is 278 g/mol. The van der Waals surface area contributed by atoms with Crippen LogP contribution >= 0.6 is 0 Å². The lowest BCUT2D eigenvalue weighted by molar-refractivity contribution is -0.122. The number of benzene rings is 1. The summed E-state index contributed by atoms with van der Waals surface area (Å²) in [6, 6.07) is 4.65. The minimum Gasteiger partial charge on any atom is -0.497 e. The van der Waals surface area contributed by atoms with E-state index in [9.17, 15) is 14.4 Å². The standard InChI is InChI=1S/C13H14N2O5/c1-20-8-2-3-10-9(6-8)12(18)13(19)15(10)7-11(17)14-4-5-16/h2-3,6,16H,4-5,7H2,1H3,(H,14,17). The minimum atomic E-state index is -0.743. The number of hydrogen-bond acceptors (Lipinski definition) is 5. The first-order valence-electron chi connectivity index (χ1n) is 6.00. The van der Waals surface area contributed by atoms with E-state index in [0.717, 1.165) is 4.90 Å². The summed E-state index contributed by atoms with van der Waals surface area (Å²) in [5.74, 6) is -1.37. The number of Topliss-reactive ketones (excluding diaryl/α,β-unsaturated/α-hetero) is 1. The van der Waals surface area contributed by atoms with E-state index in [4.69, 9.17) is 9.84 Å². The van der Waals surface area contributed by atoms with Gasteiger partial charge in [0.25, 0.3) is 11.7 Å². The molecule has 20 heavy (non-hydrogen) atoms. The number of nitrogens with zero attached hydrogens (tertiary/aromatic N) is 1. The van der Waals surface area contributed by atoms with Gasteiger partial charge in [-0.05, 0) is 18.2 Å². The van der Waals surface area contributed by atoms with Gasteiger partial charge in [-0.15, -0.1) is 0 Å². The highest BCUT2D eigenvalue weighted by Crippen LogP contribution is 2.31. The molecule has 0 aliphatic carbocycles. The highest BCUT2D eigenvalue weighted by atomic mass is 16.5. The molecule has 1 heterocycles. The molecule has 2 amide bonds. The average Bonchev–Trinajstić information content (AvgIpc) is 2.69. The van der Waals surface area contributed by atoms with Crippen molar-refractivity contribution in [2.45, 2.75) is 0 Å². The third-order valence-electron chi connectivity index (χ3n) is 2.91. The molecule has 1 aromatic rings. The third kappa shape index (κ3) is 2.48. The molecule has 106 valence electrons. The lowest BCUT2D eigenvalue weighted by Gasteiger charge is -2.16. The van der Waals surface area contributed by atoms with Crippen molar-refractivity contribution in [2.24, 2.45) is 0 Å². The first-order chi connectivity index (χ1) is 9.58. The maximum absolute atomic E-state index is 11.9. The highest BCUT2D eigenvalue weighted by molar-refractivity contribution is 6.52. The second-order valence-corrected chi connectivity index (χ2v) is 4.18. The number of hydrogen-bond donors (Lipinski definition) is 2. The molecule has 0 bridgehead atoms. The Kier molecular flexibility index (Phi) is 3.99. The Labute approximate surface area is 115 Å². The molecule has 0 radical (unpaired) electrons. The Morgan fingerprint density at radius 2 is 2.15 bits per heavy atom. The quantitative estimate of drug-likeness (QED) is 0.697. The average molecular weight is 278 g/mol. The molecule has 7 heteroatoms. The van der Waals surface area contributed by atoms with Crippen LogP contribution in [0.5, 0.6) is 5.75 Å². The number of nitrogens with one attached hydrogen (secondary N) is 1. The molecule has 0 spiro atoms. The topological polar surface area (TPSA) is 95.9 Å². The van der Waals surface area contributed by atoms with Crippen LogP contribution < -0.4 is 15.0 Å². The van der Waals surface area contributed by atoms with Crippen molar-refractivity contribution < 1.29 is 24.2 Å². The van der Waals surface area contributed by atoms with Gasteiger partial charge in [0.15, 0.2) is 0 Å². The number of anilines is 1. The Morgan fingerprint density at radius 3 is 2.80 bits per heavy atom. The number of ketones is 1. The van der Waals surface area contributed by atoms with E-state index in [-0.39, 0.29) is 25.3 Å². The first kappa shape index (κ1) is 14.0. The van der Waals surface area contributed by atoms with Gasteiger partial charge < -0.3 is 15.2 Å². The first-order valence-corrected chi connectivity index (χ1v) is 6.00. The van der Waals surface area contributed by atoms with Crippen LogP contribution in [0.4, 0.5) is 5.69 Å². The molecule has 0 saturated carbocycles. The van der Waals surface area contributed by atoms with Gasteiger partial charge in [-0.1, -0.05) is 0 Å². The molecule has 0 unspecified atom stereocenters. The second-order valence-electron chi connectivity index (χ2n) is 4.18. The Morgan fingerprint density at radius 1 is 1.40 bits per heavy atom. The van der Waals surface area contributed by atoms with Crippen LogP contribution in [0.15, 0.2) is 18.2 Å². The van der Waals surface area contributed by atoms with E-state index in [0.29, 0.717) is 11.4 Å². The van der Waals surface area contributed by atoms with Gasteiger partial charge >= 0.3 is 0 Å². The number of methoxy groups -OCH3 is 1. The molecule has 1 aromatic carbocycles. The maximum Gasteiger partial charge on any atom is 0.299 e. The summed E-state index contributed by atoms with van der Waals surface area (Å²) < 4.78 is 5.00. The van der Waals surface area contributed by atoms with Crippen molar-refractivity contribution in [2.75, 3.05) is 31.7 Å². The van der Waals surface area contributed by atoms with Crippen LogP contribution in [0.25, 0.3) is 0 Å². The highest BCUT2D eigenvalue weighted by Gasteiger charge is 2.36. The van der Waals surface area contributed by atoms with E-state index < -0.39 is 17.6 Å². The van der Waals surface area contributed by atoms with Crippen molar-refractivity contribution in [3.05, 3.63) is 23.8 Å². The Balaban J connectivity index is 2.22. The van der Waals surface area contributed by atoms with Crippen LogP contribution in [-0.4, -0.2) is 49.5 Å². The summed E-state index contributed by atoms with van der Waals surface area (Å²) in [5.41, 5.74) is 0.615. The normalized spacial score (nSPS) is 13.4. The molecular weight excluding hydrogens is 264 g/mol. The van der Waals surface area contributed by atoms with Gasteiger partial charge in [0.1, 0.15) is 12.3 Å².